The maximum absolute atomic E-state index is 12.9. The third-order valence-corrected chi connectivity index (χ3v) is 5.86. The van der Waals surface area contributed by atoms with Gasteiger partial charge in [0.05, 0.1) is 6.61 Å². The highest BCUT2D eigenvalue weighted by Gasteiger charge is 2.39. The van der Waals surface area contributed by atoms with Crippen LogP contribution in [0.4, 0.5) is 0 Å². The molecule has 3 heterocycles. The zero-order valence-corrected chi connectivity index (χ0v) is 16.9. The van der Waals surface area contributed by atoms with Gasteiger partial charge in [0.1, 0.15) is 11.8 Å². The molecule has 0 aromatic heterocycles. The minimum absolute atomic E-state index is 0.133. The van der Waals surface area contributed by atoms with Gasteiger partial charge in [-0.05, 0) is 50.4 Å². The van der Waals surface area contributed by atoms with E-state index < -0.39 is 6.04 Å². The minimum atomic E-state index is -0.579. The summed E-state index contributed by atoms with van der Waals surface area (Å²) in [6, 6.07) is 5.48. The number of imide groups is 1. The molecule has 0 saturated carbocycles. The van der Waals surface area contributed by atoms with Crippen LogP contribution in [0.5, 0.6) is 0 Å². The van der Waals surface area contributed by atoms with Crippen LogP contribution in [0.2, 0.25) is 0 Å². The molecule has 1 aromatic rings. The number of piperidine rings is 1. The fourth-order valence-corrected chi connectivity index (χ4v) is 4.35. The first kappa shape index (κ1) is 20.0. The summed E-state index contributed by atoms with van der Waals surface area (Å²) in [7, 11) is 0. The van der Waals surface area contributed by atoms with Crippen molar-refractivity contribution in [3.8, 4) is 0 Å². The zero-order chi connectivity index (χ0) is 20.6. The van der Waals surface area contributed by atoms with Crippen LogP contribution in [-0.2, 0) is 27.4 Å². The number of fused-ring (bicyclic) bond motifs is 1. The average molecular weight is 400 g/mol. The lowest BCUT2D eigenvalue weighted by Crippen LogP contribution is -2.52. The van der Waals surface area contributed by atoms with Crippen molar-refractivity contribution >= 4 is 17.7 Å². The molecule has 2 atom stereocenters. The van der Waals surface area contributed by atoms with Crippen molar-refractivity contribution in [3.63, 3.8) is 0 Å². The van der Waals surface area contributed by atoms with Crippen molar-refractivity contribution in [2.45, 2.75) is 64.0 Å². The Kier molecular flexibility index (Phi) is 5.42. The predicted molar refractivity (Wildman–Crippen MR) is 106 cm³/mol. The predicted octanol–water partition coefficient (Wildman–Crippen LogP) is 0.652. The van der Waals surface area contributed by atoms with E-state index in [0.29, 0.717) is 37.7 Å². The molecule has 2 fully saturated rings. The number of carbonyl (C=O) groups excluding carboxylic acids is 3. The number of hydrogen-bond acceptors (Lipinski definition) is 6. The molecule has 1 unspecified atom stereocenters. The molecule has 0 radical (unpaired) electrons. The van der Waals surface area contributed by atoms with Crippen molar-refractivity contribution in [1.82, 2.24) is 20.9 Å². The topological polar surface area (TPSA) is 99.8 Å². The van der Waals surface area contributed by atoms with E-state index in [1.807, 2.05) is 32.0 Å². The van der Waals surface area contributed by atoms with E-state index in [0.717, 1.165) is 24.1 Å². The van der Waals surface area contributed by atoms with Crippen molar-refractivity contribution in [1.29, 1.82) is 0 Å². The van der Waals surface area contributed by atoms with Crippen LogP contribution in [0, 0.1) is 0 Å². The van der Waals surface area contributed by atoms with Crippen molar-refractivity contribution in [2.75, 3.05) is 13.2 Å². The Hall–Kier alpha value is -2.29. The molecule has 3 aliphatic rings. The normalized spacial score (nSPS) is 26.0. The second-order valence-corrected chi connectivity index (χ2v) is 8.47. The van der Waals surface area contributed by atoms with Crippen molar-refractivity contribution in [2.24, 2.45) is 0 Å². The molecule has 3 N–H and O–H groups in total. The molecule has 8 nitrogen and oxygen atoms in total. The lowest BCUT2D eigenvalue weighted by Gasteiger charge is -2.29. The first-order valence-electron chi connectivity index (χ1n) is 10.2. The van der Waals surface area contributed by atoms with E-state index in [-0.39, 0.29) is 29.9 Å². The van der Waals surface area contributed by atoms with Crippen LogP contribution >= 0.6 is 0 Å². The van der Waals surface area contributed by atoms with Gasteiger partial charge in [-0.25, -0.2) is 0 Å². The third kappa shape index (κ3) is 4.19. The summed E-state index contributed by atoms with van der Waals surface area (Å²) in [5, 5.41) is 9.25. The summed E-state index contributed by atoms with van der Waals surface area (Å²) in [5.74, 6) is -0.784. The second kappa shape index (κ2) is 7.85. The van der Waals surface area contributed by atoms with Crippen molar-refractivity contribution in [3.05, 3.63) is 34.9 Å². The smallest absolute Gasteiger partial charge is 0.255 e. The standard InChI is InChI=1S/C21H28N4O4/c1-21(2)24-14(12-29-21)8-9-22-10-13-4-3-5-15-16(13)11-25(20(15)28)17-6-7-18(26)23-19(17)27/h3-5,14,17,22,24H,6-12H2,1-2H3,(H,23,26,27)/t14-,17?/m1/s1. The van der Waals surface area contributed by atoms with E-state index in [1.54, 1.807) is 4.90 Å². The van der Waals surface area contributed by atoms with Gasteiger partial charge in [-0.2, -0.15) is 0 Å². The maximum Gasteiger partial charge on any atom is 0.255 e. The molecule has 29 heavy (non-hydrogen) atoms. The highest BCUT2D eigenvalue weighted by Crippen LogP contribution is 2.29. The number of rotatable bonds is 6. The van der Waals surface area contributed by atoms with Crippen LogP contribution in [0.25, 0.3) is 0 Å². The lowest BCUT2D eigenvalue weighted by atomic mass is 10.0. The fraction of sp³-hybridized carbons (Fsp3) is 0.571. The summed E-state index contributed by atoms with van der Waals surface area (Å²) in [4.78, 5) is 38.1. The van der Waals surface area contributed by atoms with Crippen LogP contribution in [0.15, 0.2) is 18.2 Å². The Morgan fingerprint density at radius 2 is 2.10 bits per heavy atom. The Morgan fingerprint density at radius 3 is 2.83 bits per heavy atom. The van der Waals surface area contributed by atoms with Gasteiger partial charge < -0.3 is 15.0 Å². The van der Waals surface area contributed by atoms with Crippen molar-refractivity contribution < 1.29 is 19.1 Å². The number of carbonyl (C=O) groups is 3. The molecule has 1 aromatic carbocycles. The zero-order valence-electron chi connectivity index (χ0n) is 16.9. The highest BCUT2D eigenvalue weighted by molar-refractivity contribution is 6.05. The monoisotopic (exact) mass is 400 g/mol. The first-order valence-corrected chi connectivity index (χ1v) is 10.2. The van der Waals surface area contributed by atoms with Gasteiger partial charge in [-0.1, -0.05) is 12.1 Å². The summed E-state index contributed by atoms with van der Waals surface area (Å²) < 4.78 is 5.69. The van der Waals surface area contributed by atoms with Gasteiger partial charge in [-0.15, -0.1) is 0 Å². The quantitative estimate of drug-likeness (QED) is 0.479. The van der Waals surface area contributed by atoms with E-state index >= 15 is 0 Å². The molecule has 0 aliphatic carbocycles. The molecule has 0 bridgehead atoms. The summed E-state index contributed by atoms with van der Waals surface area (Å²) in [6.07, 6.45) is 1.60. The molecule has 2 saturated heterocycles. The third-order valence-electron chi connectivity index (χ3n) is 5.86. The molecule has 8 heteroatoms. The van der Waals surface area contributed by atoms with Gasteiger partial charge in [0.15, 0.2) is 0 Å². The SMILES string of the molecule is CC1(C)N[C@H](CCNCc2cccc3c2CN(C2CCC(=O)NC2=O)C3=O)CO1. The number of nitrogens with zero attached hydrogens (tertiary/aromatic N) is 1. The average Bonchev–Trinajstić information content (AvgIpc) is 3.19. The van der Waals surface area contributed by atoms with E-state index in [9.17, 15) is 14.4 Å². The summed E-state index contributed by atoms with van der Waals surface area (Å²) in [6.45, 7) is 6.68. The van der Waals surface area contributed by atoms with Gasteiger partial charge >= 0.3 is 0 Å². The van der Waals surface area contributed by atoms with Crippen LogP contribution in [0.3, 0.4) is 0 Å². The van der Waals surface area contributed by atoms with Crippen LogP contribution < -0.4 is 16.0 Å². The minimum Gasteiger partial charge on any atom is -0.360 e. The lowest BCUT2D eigenvalue weighted by molar-refractivity contribution is -0.136. The highest BCUT2D eigenvalue weighted by atomic mass is 16.5. The molecular formula is C21H28N4O4. The number of hydrogen-bond donors (Lipinski definition) is 3. The summed E-state index contributed by atoms with van der Waals surface area (Å²) >= 11 is 0. The Morgan fingerprint density at radius 1 is 1.28 bits per heavy atom. The fourth-order valence-electron chi connectivity index (χ4n) is 4.35. The summed E-state index contributed by atoms with van der Waals surface area (Å²) in [5.41, 5.74) is 2.44. The van der Waals surface area contributed by atoms with E-state index in [2.05, 4.69) is 16.0 Å². The maximum atomic E-state index is 12.9. The Bertz CT molecular complexity index is 838. The Labute approximate surface area is 170 Å². The van der Waals surface area contributed by atoms with E-state index in [1.165, 1.54) is 0 Å². The molecule has 4 rings (SSSR count). The van der Waals surface area contributed by atoms with Crippen LogP contribution in [-0.4, -0.2) is 53.6 Å². The molecule has 0 spiro atoms. The molecule has 156 valence electrons. The second-order valence-electron chi connectivity index (χ2n) is 8.47. The number of amides is 3. The first-order chi connectivity index (χ1) is 13.8. The van der Waals surface area contributed by atoms with Gasteiger partial charge in [0.2, 0.25) is 11.8 Å². The number of nitrogens with one attached hydrogen (secondary N) is 3. The molecular weight excluding hydrogens is 372 g/mol. The molecule has 3 amide bonds. The number of benzene rings is 1. The largest absolute Gasteiger partial charge is 0.360 e. The molecule has 3 aliphatic heterocycles. The van der Waals surface area contributed by atoms with Gasteiger partial charge in [0, 0.05) is 31.1 Å². The number of ether oxygens (including phenoxy) is 1. The van der Waals surface area contributed by atoms with Gasteiger partial charge in [0.25, 0.3) is 5.91 Å². The van der Waals surface area contributed by atoms with E-state index in [4.69, 9.17) is 4.74 Å². The van der Waals surface area contributed by atoms with Gasteiger partial charge in [-0.3, -0.25) is 25.0 Å². The van der Waals surface area contributed by atoms with Crippen LogP contribution in [0.1, 0.15) is 54.6 Å². The Balaban J connectivity index is 1.36.